The summed E-state index contributed by atoms with van der Waals surface area (Å²) in [4.78, 5) is 12.4. The van der Waals surface area contributed by atoms with Gasteiger partial charge in [0.15, 0.2) is 0 Å². The lowest BCUT2D eigenvalue weighted by atomic mass is 10.1. The van der Waals surface area contributed by atoms with Crippen molar-refractivity contribution in [3.05, 3.63) is 95.2 Å². The van der Waals surface area contributed by atoms with Crippen LogP contribution in [0.1, 0.15) is 33.6 Å². The summed E-state index contributed by atoms with van der Waals surface area (Å²) in [6.07, 6.45) is 4.27. The lowest BCUT2D eigenvalue weighted by molar-refractivity contribution is 0.0953. The average molecular weight is 443 g/mol. The number of nitrogens with two attached hydrogens (primary N) is 1. The first-order chi connectivity index (χ1) is 16.0. The summed E-state index contributed by atoms with van der Waals surface area (Å²) in [7, 11) is 0. The van der Waals surface area contributed by atoms with Crippen molar-refractivity contribution in [3.8, 4) is 11.8 Å². The zero-order valence-corrected chi connectivity index (χ0v) is 17.8. The zero-order valence-electron chi connectivity index (χ0n) is 17.8. The van der Waals surface area contributed by atoms with E-state index in [-0.39, 0.29) is 23.1 Å². The van der Waals surface area contributed by atoms with Crippen LogP contribution in [0.2, 0.25) is 0 Å². The molecule has 33 heavy (non-hydrogen) atoms. The molecule has 0 unspecified atom stereocenters. The smallest absolute Gasteiger partial charge is 0.254 e. The number of nitrogen functional groups attached to an aromatic ring is 1. The Morgan fingerprint density at radius 2 is 1.91 bits per heavy atom. The molecule has 0 saturated heterocycles. The van der Waals surface area contributed by atoms with Gasteiger partial charge in [0.2, 0.25) is 0 Å². The van der Waals surface area contributed by atoms with Crippen LogP contribution in [0, 0.1) is 17.1 Å². The second-order valence-corrected chi connectivity index (χ2v) is 7.48. The van der Waals surface area contributed by atoms with Gasteiger partial charge in [0.1, 0.15) is 23.3 Å². The molecule has 0 atom stereocenters. The van der Waals surface area contributed by atoms with Crippen molar-refractivity contribution >= 4 is 11.7 Å². The molecular weight excluding hydrogens is 421 g/mol. The van der Waals surface area contributed by atoms with E-state index in [0.717, 1.165) is 5.56 Å². The van der Waals surface area contributed by atoms with Crippen molar-refractivity contribution in [2.24, 2.45) is 0 Å². The third-order valence-corrected chi connectivity index (χ3v) is 5.14. The number of nitrogens with one attached hydrogen (secondary N) is 1. The molecule has 2 aromatic carbocycles. The minimum absolute atomic E-state index is 0.203. The van der Waals surface area contributed by atoms with Gasteiger partial charge in [-0.15, -0.1) is 0 Å². The molecule has 1 amide bonds. The number of aryl methyl sites for hydroxylation is 1. The maximum atomic E-state index is 13.2. The van der Waals surface area contributed by atoms with E-state index in [0.29, 0.717) is 42.9 Å². The van der Waals surface area contributed by atoms with E-state index in [1.54, 1.807) is 23.0 Å². The van der Waals surface area contributed by atoms with Gasteiger partial charge in [-0.05, 0) is 42.7 Å². The van der Waals surface area contributed by atoms with E-state index in [4.69, 9.17) is 5.73 Å². The standard InChI is InChI=1S/C24H22FN7O/c25-19-8-10-20(11-9-19)32-23(27)21(13-26)22(30-32)7-4-12-28-24(33)18-14-29-31(16-18)15-17-5-2-1-3-6-17/h1-3,5-6,8-11,14,16H,4,7,12,15,27H2,(H,28,33). The molecule has 166 valence electrons. The Balaban J connectivity index is 1.33. The van der Waals surface area contributed by atoms with Crippen LogP contribution in [0.3, 0.4) is 0 Å². The van der Waals surface area contributed by atoms with Crippen molar-refractivity contribution < 1.29 is 9.18 Å². The number of nitriles is 1. The van der Waals surface area contributed by atoms with E-state index in [1.165, 1.54) is 23.0 Å². The van der Waals surface area contributed by atoms with Gasteiger partial charge >= 0.3 is 0 Å². The molecule has 9 heteroatoms. The molecule has 0 aliphatic heterocycles. The van der Waals surface area contributed by atoms with E-state index in [2.05, 4.69) is 21.6 Å². The number of amides is 1. The molecule has 2 heterocycles. The first-order valence-corrected chi connectivity index (χ1v) is 10.4. The Hall–Kier alpha value is -4.45. The second kappa shape index (κ2) is 9.78. The van der Waals surface area contributed by atoms with Gasteiger partial charge in [0.25, 0.3) is 5.91 Å². The number of halogens is 1. The number of hydrogen-bond acceptors (Lipinski definition) is 5. The first kappa shape index (κ1) is 21.8. The molecule has 0 aliphatic rings. The van der Waals surface area contributed by atoms with Crippen molar-refractivity contribution in [3.63, 3.8) is 0 Å². The number of carbonyl (C=O) groups excluding carboxylic acids is 1. The third-order valence-electron chi connectivity index (χ3n) is 5.14. The normalized spacial score (nSPS) is 10.7. The molecule has 0 fully saturated rings. The summed E-state index contributed by atoms with van der Waals surface area (Å²) in [6.45, 7) is 0.986. The minimum Gasteiger partial charge on any atom is -0.382 e. The Labute approximate surface area is 190 Å². The minimum atomic E-state index is -0.369. The summed E-state index contributed by atoms with van der Waals surface area (Å²) >= 11 is 0. The van der Waals surface area contributed by atoms with Crippen LogP contribution in [-0.4, -0.2) is 32.0 Å². The van der Waals surface area contributed by atoms with Crippen molar-refractivity contribution in [1.82, 2.24) is 24.9 Å². The Morgan fingerprint density at radius 3 is 2.64 bits per heavy atom. The average Bonchev–Trinajstić information content (AvgIpc) is 3.42. The number of anilines is 1. The highest BCUT2D eigenvalue weighted by Gasteiger charge is 2.16. The van der Waals surface area contributed by atoms with Gasteiger partial charge in [-0.3, -0.25) is 9.48 Å². The summed E-state index contributed by atoms with van der Waals surface area (Å²) in [5.74, 6) is -0.383. The molecule has 4 rings (SSSR count). The number of aromatic nitrogens is 4. The highest BCUT2D eigenvalue weighted by molar-refractivity contribution is 5.93. The summed E-state index contributed by atoms with van der Waals surface area (Å²) in [5.41, 5.74) is 9.04. The van der Waals surface area contributed by atoms with Gasteiger partial charge in [-0.1, -0.05) is 30.3 Å². The van der Waals surface area contributed by atoms with Gasteiger partial charge in [-0.25, -0.2) is 9.07 Å². The lowest BCUT2D eigenvalue weighted by Gasteiger charge is -2.04. The van der Waals surface area contributed by atoms with Crippen LogP contribution in [0.4, 0.5) is 10.2 Å². The fraction of sp³-hybridized carbons (Fsp3) is 0.167. The number of hydrogen-bond donors (Lipinski definition) is 2. The predicted octanol–water partition coefficient (Wildman–Crippen LogP) is 3.07. The fourth-order valence-electron chi connectivity index (χ4n) is 3.45. The summed E-state index contributed by atoms with van der Waals surface area (Å²) in [5, 5.41) is 21.0. The number of nitrogens with zero attached hydrogens (tertiary/aromatic N) is 5. The predicted molar refractivity (Wildman–Crippen MR) is 121 cm³/mol. The molecule has 0 saturated carbocycles. The Morgan fingerprint density at radius 1 is 1.15 bits per heavy atom. The van der Waals surface area contributed by atoms with E-state index in [9.17, 15) is 14.4 Å². The van der Waals surface area contributed by atoms with Gasteiger partial charge < -0.3 is 11.1 Å². The molecule has 0 bridgehead atoms. The molecular formula is C24H22FN7O. The maximum absolute atomic E-state index is 13.2. The van der Waals surface area contributed by atoms with Gasteiger partial charge in [-0.2, -0.15) is 15.5 Å². The van der Waals surface area contributed by atoms with Gasteiger partial charge in [0.05, 0.1) is 29.7 Å². The molecule has 4 aromatic rings. The van der Waals surface area contributed by atoms with Crippen LogP contribution in [0.25, 0.3) is 5.69 Å². The number of rotatable bonds is 8. The number of carbonyl (C=O) groups is 1. The second-order valence-electron chi connectivity index (χ2n) is 7.48. The molecule has 0 aliphatic carbocycles. The highest BCUT2D eigenvalue weighted by Crippen LogP contribution is 2.21. The maximum Gasteiger partial charge on any atom is 0.254 e. The van der Waals surface area contributed by atoms with Crippen molar-refractivity contribution in [2.75, 3.05) is 12.3 Å². The molecule has 8 nitrogen and oxygen atoms in total. The van der Waals surface area contributed by atoms with Crippen LogP contribution in [0.5, 0.6) is 0 Å². The summed E-state index contributed by atoms with van der Waals surface area (Å²) in [6, 6.07) is 17.7. The highest BCUT2D eigenvalue weighted by atomic mass is 19.1. The SMILES string of the molecule is N#Cc1c(CCCNC(=O)c2cnn(Cc3ccccc3)c2)nn(-c2ccc(F)cc2)c1N. The lowest BCUT2D eigenvalue weighted by Crippen LogP contribution is -2.24. The molecule has 3 N–H and O–H groups in total. The van der Waals surface area contributed by atoms with Gasteiger partial charge in [0, 0.05) is 12.7 Å². The topological polar surface area (TPSA) is 115 Å². The quantitative estimate of drug-likeness (QED) is 0.406. The molecule has 2 aromatic heterocycles. The molecule has 0 radical (unpaired) electrons. The van der Waals surface area contributed by atoms with Crippen LogP contribution in [-0.2, 0) is 13.0 Å². The first-order valence-electron chi connectivity index (χ1n) is 10.4. The van der Waals surface area contributed by atoms with Crippen LogP contribution >= 0.6 is 0 Å². The Bertz CT molecular complexity index is 1290. The monoisotopic (exact) mass is 443 g/mol. The zero-order chi connectivity index (χ0) is 23.2. The third kappa shape index (κ3) is 5.07. The molecule has 0 spiro atoms. The van der Waals surface area contributed by atoms with Crippen LogP contribution in [0.15, 0.2) is 67.0 Å². The van der Waals surface area contributed by atoms with Crippen molar-refractivity contribution in [1.29, 1.82) is 5.26 Å². The number of benzene rings is 2. The van der Waals surface area contributed by atoms with Crippen LogP contribution < -0.4 is 11.1 Å². The largest absolute Gasteiger partial charge is 0.382 e. The van der Waals surface area contributed by atoms with E-state index in [1.807, 2.05) is 30.3 Å². The fourth-order valence-corrected chi connectivity index (χ4v) is 3.45. The van der Waals surface area contributed by atoms with E-state index >= 15 is 0 Å². The van der Waals surface area contributed by atoms with E-state index < -0.39 is 0 Å². The summed E-state index contributed by atoms with van der Waals surface area (Å²) < 4.78 is 16.3. The van der Waals surface area contributed by atoms with Crippen molar-refractivity contribution in [2.45, 2.75) is 19.4 Å². The Kier molecular flexibility index (Phi) is 6.45.